The van der Waals surface area contributed by atoms with Gasteiger partial charge >= 0.3 is 0 Å². The first-order valence-corrected chi connectivity index (χ1v) is 8.88. The fourth-order valence-electron chi connectivity index (χ4n) is 3.24. The molecular weight excluding hydrogens is 331 g/mol. The molecule has 0 spiro atoms. The predicted molar refractivity (Wildman–Crippen MR) is 102 cm³/mol. The maximum Gasteiger partial charge on any atom is 0.241 e. The normalized spacial score (nSPS) is 17.0. The zero-order chi connectivity index (χ0) is 18.5. The number of hydrogen-bond acceptors (Lipinski definition) is 4. The molecule has 26 heavy (non-hydrogen) atoms. The van der Waals surface area contributed by atoms with Crippen LogP contribution in [0.1, 0.15) is 12.5 Å². The molecule has 1 fully saturated rings. The molecule has 2 aromatic rings. The smallest absolute Gasteiger partial charge is 0.241 e. The van der Waals surface area contributed by atoms with Gasteiger partial charge in [0, 0.05) is 44.1 Å². The first kappa shape index (κ1) is 18.4. The molecule has 1 saturated heterocycles. The molecule has 1 aliphatic rings. The molecule has 0 bridgehead atoms. The van der Waals surface area contributed by atoms with Gasteiger partial charge in [0.15, 0.2) is 0 Å². The molecule has 5 nitrogen and oxygen atoms in total. The molecule has 0 aliphatic carbocycles. The van der Waals surface area contributed by atoms with Crippen LogP contribution in [0.2, 0.25) is 0 Å². The molecule has 0 radical (unpaired) electrons. The number of piperazine rings is 1. The van der Waals surface area contributed by atoms with Gasteiger partial charge in [0.1, 0.15) is 5.82 Å². The molecule has 1 atom stereocenters. The largest absolute Gasteiger partial charge is 0.399 e. The lowest BCUT2D eigenvalue weighted by atomic mass is 10.1. The number of carbonyl (C=O) groups is 1. The van der Waals surface area contributed by atoms with Crippen LogP contribution < -0.4 is 11.1 Å². The van der Waals surface area contributed by atoms with Gasteiger partial charge in [0.05, 0.1) is 6.04 Å². The Morgan fingerprint density at radius 3 is 2.58 bits per heavy atom. The number of anilines is 2. The van der Waals surface area contributed by atoms with Crippen LogP contribution >= 0.6 is 0 Å². The minimum atomic E-state index is -0.356. The van der Waals surface area contributed by atoms with Crippen molar-refractivity contribution >= 4 is 17.3 Å². The maximum absolute atomic E-state index is 13.2. The van der Waals surface area contributed by atoms with Crippen LogP contribution in [0.3, 0.4) is 0 Å². The molecule has 3 N–H and O–H groups in total. The molecule has 1 aliphatic heterocycles. The summed E-state index contributed by atoms with van der Waals surface area (Å²) in [6.07, 6.45) is 0. The lowest BCUT2D eigenvalue weighted by molar-refractivity contribution is -0.121. The van der Waals surface area contributed by atoms with E-state index in [1.165, 1.54) is 17.7 Å². The number of nitrogen functional groups attached to an aromatic ring is 1. The van der Waals surface area contributed by atoms with E-state index in [-0.39, 0.29) is 17.8 Å². The molecule has 138 valence electrons. The summed E-state index contributed by atoms with van der Waals surface area (Å²) in [5.74, 6) is -0.467. The highest BCUT2D eigenvalue weighted by atomic mass is 19.1. The van der Waals surface area contributed by atoms with Crippen LogP contribution in [-0.4, -0.2) is 47.9 Å². The van der Waals surface area contributed by atoms with Crippen LogP contribution in [0.5, 0.6) is 0 Å². The van der Waals surface area contributed by atoms with E-state index in [1.807, 2.05) is 25.1 Å². The Hall–Kier alpha value is -2.44. The third-order valence-electron chi connectivity index (χ3n) is 4.78. The summed E-state index contributed by atoms with van der Waals surface area (Å²) in [5, 5.41) is 2.79. The number of carbonyl (C=O) groups excluding carboxylic acids is 1. The van der Waals surface area contributed by atoms with Crippen molar-refractivity contribution in [3.8, 4) is 0 Å². The van der Waals surface area contributed by atoms with E-state index in [0.29, 0.717) is 5.69 Å². The van der Waals surface area contributed by atoms with Gasteiger partial charge in [-0.3, -0.25) is 14.6 Å². The van der Waals surface area contributed by atoms with Crippen molar-refractivity contribution in [3.63, 3.8) is 0 Å². The summed E-state index contributed by atoms with van der Waals surface area (Å²) < 4.78 is 13.2. The molecule has 6 heteroatoms. The summed E-state index contributed by atoms with van der Waals surface area (Å²) in [6.45, 7) is 6.18. The fourth-order valence-corrected chi connectivity index (χ4v) is 3.24. The average Bonchev–Trinajstić information content (AvgIpc) is 2.62. The monoisotopic (exact) mass is 356 g/mol. The van der Waals surface area contributed by atoms with Gasteiger partial charge in [-0.25, -0.2) is 4.39 Å². The van der Waals surface area contributed by atoms with E-state index in [2.05, 4.69) is 21.2 Å². The molecule has 1 amide bonds. The molecule has 1 unspecified atom stereocenters. The number of nitrogens with one attached hydrogen (secondary N) is 1. The molecule has 2 aromatic carbocycles. The van der Waals surface area contributed by atoms with Gasteiger partial charge in [0.25, 0.3) is 0 Å². The van der Waals surface area contributed by atoms with Crippen LogP contribution in [0.15, 0.2) is 48.5 Å². The number of amides is 1. The van der Waals surface area contributed by atoms with Crippen LogP contribution in [0, 0.1) is 5.82 Å². The SMILES string of the molecule is CC(C(=O)Nc1cccc(F)c1)N1CCN(Cc2cccc(N)c2)CC1. The van der Waals surface area contributed by atoms with Crippen molar-refractivity contribution in [2.24, 2.45) is 0 Å². The van der Waals surface area contributed by atoms with Gasteiger partial charge < -0.3 is 11.1 Å². The molecule has 3 rings (SSSR count). The van der Waals surface area contributed by atoms with Crippen molar-refractivity contribution in [1.29, 1.82) is 0 Å². The Kier molecular flexibility index (Phi) is 5.85. The van der Waals surface area contributed by atoms with Gasteiger partial charge in [-0.05, 0) is 42.8 Å². The van der Waals surface area contributed by atoms with E-state index in [4.69, 9.17) is 5.73 Å². The second-order valence-corrected chi connectivity index (χ2v) is 6.73. The lowest BCUT2D eigenvalue weighted by Gasteiger charge is -2.37. The zero-order valence-corrected chi connectivity index (χ0v) is 15.0. The van der Waals surface area contributed by atoms with Gasteiger partial charge in [-0.1, -0.05) is 18.2 Å². The number of nitrogens with zero attached hydrogens (tertiary/aromatic N) is 2. The van der Waals surface area contributed by atoms with E-state index in [9.17, 15) is 9.18 Å². The number of halogens is 1. The van der Waals surface area contributed by atoms with E-state index >= 15 is 0 Å². The summed E-state index contributed by atoms with van der Waals surface area (Å²) in [5.41, 5.74) is 8.31. The van der Waals surface area contributed by atoms with E-state index < -0.39 is 0 Å². The van der Waals surface area contributed by atoms with Gasteiger partial charge in [0.2, 0.25) is 5.91 Å². The second kappa shape index (κ2) is 8.29. The van der Waals surface area contributed by atoms with Crippen molar-refractivity contribution in [3.05, 3.63) is 59.9 Å². The molecule has 0 aromatic heterocycles. The first-order valence-electron chi connectivity index (χ1n) is 8.88. The Bertz CT molecular complexity index is 759. The number of hydrogen-bond donors (Lipinski definition) is 2. The standard InChI is InChI=1S/C20H25FN4O/c1-15(20(26)23-19-7-3-5-17(21)13-19)25-10-8-24(9-11-25)14-16-4-2-6-18(22)12-16/h2-7,12-13,15H,8-11,14,22H2,1H3,(H,23,26). The number of nitrogens with two attached hydrogens (primary N) is 1. The highest BCUT2D eigenvalue weighted by molar-refractivity contribution is 5.94. The van der Waals surface area contributed by atoms with Crippen LogP contribution in [0.4, 0.5) is 15.8 Å². The second-order valence-electron chi connectivity index (χ2n) is 6.73. The number of benzene rings is 2. The summed E-state index contributed by atoms with van der Waals surface area (Å²) in [4.78, 5) is 17.0. The molecular formula is C20H25FN4O. The predicted octanol–water partition coefficient (Wildman–Crippen LogP) is 2.55. The minimum absolute atomic E-state index is 0.111. The van der Waals surface area contributed by atoms with E-state index in [0.717, 1.165) is 38.4 Å². The Morgan fingerprint density at radius 2 is 1.88 bits per heavy atom. The van der Waals surface area contributed by atoms with Crippen LogP contribution in [-0.2, 0) is 11.3 Å². The first-order chi connectivity index (χ1) is 12.5. The summed E-state index contributed by atoms with van der Waals surface area (Å²) >= 11 is 0. The molecule has 1 heterocycles. The van der Waals surface area contributed by atoms with Crippen molar-refractivity contribution in [1.82, 2.24) is 9.80 Å². The Morgan fingerprint density at radius 1 is 1.15 bits per heavy atom. The third kappa shape index (κ3) is 4.80. The van der Waals surface area contributed by atoms with E-state index in [1.54, 1.807) is 12.1 Å². The average molecular weight is 356 g/mol. The fraction of sp³-hybridized carbons (Fsp3) is 0.350. The number of rotatable bonds is 5. The Balaban J connectivity index is 1.50. The topological polar surface area (TPSA) is 61.6 Å². The Labute approximate surface area is 153 Å². The highest BCUT2D eigenvalue weighted by Gasteiger charge is 2.25. The van der Waals surface area contributed by atoms with Crippen LogP contribution in [0.25, 0.3) is 0 Å². The lowest BCUT2D eigenvalue weighted by Crippen LogP contribution is -2.52. The molecule has 0 saturated carbocycles. The van der Waals surface area contributed by atoms with Crippen molar-refractivity contribution < 1.29 is 9.18 Å². The van der Waals surface area contributed by atoms with Gasteiger partial charge in [-0.15, -0.1) is 0 Å². The summed E-state index contributed by atoms with van der Waals surface area (Å²) in [7, 11) is 0. The third-order valence-corrected chi connectivity index (χ3v) is 4.78. The minimum Gasteiger partial charge on any atom is -0.399 e. The summed E-state index contributed by atoms with van der Waals surface area (Å²) in [6, 6.07) is 13.7. The van der Waals surface area contributed by atoms with Gasteiger partial charge in [-0.2, -0.15) is 0 Å². The van der Waals surface area contributed by atoms with Crippen molar-refractivity contribution in [2.45, 2.75) is 19.5 Å². The zero-order valence-electron chi connectivity index (χ0n) is 15.0. The maximum atomic E-state index is 13.2. The highest BCUT2D eigenvalue weighted by Crippen LogP contribution is 2.15. The quantitative estimate of drug-likeness (QED) is 0.809. The van der Waals surface area contributed by atoms with Crippen molar-refractivity contribution in [2.75, 3.05) is 37.2 Å².